The Hall–Kier alpha value is -1.45. The zero-order valence-corrected chi connectivity index (χ0v) is 9.88. The van der Waals surface area contributed by atoms with Crippen molar-refractivity contribution in [3.63, 3.8) is 0 Å². The maximum absolute atomic E-state index is 12.0. The smallest absolute Gasteiger partial charge is 0.202 e. The van der Waals surface area contributed by atoms with Crippen LogP contribution in [0.25, 0.3) is 0 Å². The predicted octanol–water partition coefficient (Wildman–Crippen LogP) is 2.70. The Morgan fingerprint density at radius 2 is 2.00 bits per heavy atom. The highest BCUT2D eigenvalue weighted by Gasteiger charge is 2.09. The third-order valence-corrected chi connectivity index (χ3v) is 3.21. The molecule has 1 aromatic heterocycles. The number of carbonyl (C=O) groups is 1. The van der Waals surface area contributed by atoms with Gasteiger partial charge < -0.3 is 5.32 Å². The van der Waals surface area contributed by atoms with Crippen LogP contribution in [0.5, 0.6) is 0 Å². The summed E-state index contributed by atoms with van der Waals surface area (Å²) in [4.78, 5) is 12.8. The van der Waals surface area contributed by atoms with Crippen molar-refractivity contribution in [2.75, 3.05) is 7.05 Å². The normalized spacial score (nSPS) is 10.3. The molecule has 0 radical (unpaired) electrons. The van der Waals surface area contributed by atoms with Crippen LogP contribution in [0.15, 0.2) is 41.8 Å². The average Bonchev–Trinajstić information content (AvgIpc) is 2.83. The van der Waals surface area contributed by atoms with E-state index in [0.29, 0.717) is 0 Å². The first-order valence-corrected chi connectivity index (χ1v) is 6.01. The van der Waals surface area contributed by atoms with Gasteiger partial charge >= 0.3 is 0 Å². The second-order valence-corrected chi connectivity index (χ2v) is 4.48. The van der Waals surface area contributed by atoms with E-state index in [1.165, 1.54) is 16.9 Å². The van der Waals surface area contributed by atoms with Crippen molar-refractivity contribution in [3.05, 3.63) is 57.8 Å². The second kappa shape index (κ2) is 5.05. The summed E-state index contributed by atoms with van der Waals surface area (Å²) in [5, 5.41) is 5.00. The van der Waals surface area contributed by atoms with Crippen LogP contribution in [0.2, 0.25) is 0 Å². The average molecular weight is 231 g/mol. The summed E-state index contributed by atoms with van der Waals surface area (Å²) in [6.45, 7) is 0.827. The number of ketones is 1. The largest absolute Gasteiger partial charge is 0.316 e. The van der Waals surface area contributed by atoms with E-state index in [1.807, 2.05) is 48.8 Å². The van der Waals surface area contributed by atoms with Gasteiger partial charge in [-0.15, -0.1) is 11.3 Å². The molecule has 3 heteroatoms. The molecule has 0 saturated carbocycles. The van der Waals surface area contributed by atoms with E-state index in [0.717, 1.165) is 17.0 Å². The topological polar surface area (TPSA) is 29.1 Å². The fraction of sp³-hybridized carbons (Fsp3) is 0.154. The van der Waals surface area contributed by atoms with Crippen molar-refractivity contribution in [2.24, 2.45) is 0 Å². The third-order valence-electron chi connectivity index (χ3n) is 2.34. The fourth-order valence-electron chi connectivity index (χ4n) is 1.53. The molecule has 0 aliphatic heterocycles. The number of thiophene rings is 1. The highest BCUT2D eigenvalue weighted by Crippen LogP contribution is 2.15. The Morgan fingerprint density at radius 3 is 2.56 bits per heavy atom. The van der Waals surface area contributed by atoms with Crippen LogP contribution >= 0.6 is 11.3 Å². The summed E-state index contributed by atoms with van der Waals surface area (Å²) in [6.07, 6.45) is 0. The highest BCUT2D eigenvalue weighted by atomic mass is 32.1. The van der Waals surface area contributed by atoms with Gasteiger partial charge in [0, 0.05) is 12.1 Å². The fourth-order valence-corrected chi connectivity index (χ4v) is 2.21. The molecule has 82 valence electrons. The predicted molar refractivity (Wildman–Crippen MR) is 67.0 cm³/mol. The Labute approximate surface area is 98.9 Å². The lowest BCUT2D eigenvalue weighted by Crippen LogP contribution is -2.05. The molecule has 2 aromatic rings. The van der Waals surface area contributed by atoms with Crippen molar-refractivity contribution in [3.8, 4) is 0 Å². The first-order chi connectivity index (χ1) is 7.81. The maximum Gasteiger partial charge on any atom is 0.202 e. The molecule has 0 atom stereocenters. The van der Waals surface area contributed by atoms with Crippen LogP contribution in [0.1, 0.15) is 20.8 Å². The summed E-state index contributed by atoms with van der Waals surface area (Å²) in [7, 11) is 1.91. The van der Waals surface area contributed by atoms with Crippen LogP contribution in [0.4, 0.5) is 0 Å². The molecule has 2 rings (SSSR count). The van der Waals surface area contributed by atoms with Crippen LogP contribution in [0.3, 0.4) is 0 Å². The first kappa shape index (κ1) is 11.0. The first-order valence-electron chi connectivity index (χ1n) is 5.13. The zero-order chi connectivity index (χ0) is 11.4. The molecular formula is C13H13NOS. The molecule has 0 unspecified atom stereocenters. The van der Waals surface area contributed by atoms with Gasteiger partial charge in [-0.1, -0.05) is 30.3 Å². The van der Waals surface area contributed by atoms with E-state index in [-0.39, 0.29) is 5.78 Å². The molecule has 0 saturated heterocycles. The Kier molecular flexibility index (Phi) is 3.49. The molecule has 0 spiro atoms. The third kappa shape index (κ3) is 2.38. The molecule has 0 bridgehead atoms. The molecule has 1 heterocycles. The van der Waals surface area contributed by atoms with Crippen LogP contribution in [-0.4, -0.2) is 12.8 Å². The van der Waals surface area contributed by atoms with E-state index >= 15 is 0 Å². The van der Waals surface area contributed by atoms with Gasteiger partial charge in [-0.05, 0) is 24.1 Å². The number of rotatable bonds is 4. The highest BCUT2D eigenvalue weighted by molar-refractivity contribution is 7.12. The lowest BCUT2D eigenvalue weighted by molar-refractivity contribution is 0.104. The monoisotopic (exact) mass is 231 g/mol. The number of hydrogen-bond acceptors (Lipinski definition) is 3. The number of nitrogens with one attached hydrogen (secondary N) is 1. The quantitative estimate of drug-likeness (QED) is 0.820. The lowest BCUT2D eigenvalue weighted by atomic mass is 10.1. The van der Waals surface area contributed by atoms with E-state index in [1.54, 1.807) is 0 Å². The van der Waals surface area contributed by atoms with Crippen molar-refractivity contribution >= 4 is 17.1 Å². The molecule has 0 aliphatic rings. The number of hydrogen-bond donors (Lipinski definition) is 1. The minimum atomic E-state index is 0.103. The maximum atomic E-state index is 12.0. The molecule has 2 nitrogen and oxygen atoms in total. The lowest BCUT2D eigenvalue weighted by Gasteiger charge is -2.01. The number of benzene rings is 1. The molecule has 0 aliphatic carbocycles. The minimum absolute atomic E-state index is 0.103. The summed E-state index contributed by atoms with van der Waals surface area (Å²) >= 11 is 1.48. The van der Waals surface area contributed by atoms with Gasteiger partial charge in [0.15, 0.2) is 0 Å². The summed E-state index contributed by atoms with van der Waals surface area (Å²) in [5.41, 5.74) is 1.94. The Morgan fingerprint density at radius 1 is 1.25 bits per heavy atom. The molecular weight excluding hydrogens is 218 g/mol. The van der Waals surface area contributed by atoms with E-state index in [4.69, 9.17) is 0 Å². The van der Waals surface area contributed by atoms with Gasteiger partial charge in [-0.2, -0.15) is 0 Å². The van der Waals surface area contributed by atoms with Gasteiger partial charge in [0.25, 0.3) is 0 Å². The van der Waals surface area contributed by atoms with Crippen molar-refractivity contribution in [1.29, 1.82) is 0 Å². The van der Waals surface area contributed by atoms with Crippen molar-refractivity contribution in [1.82, 2.24) is 5.32 Å². The van der Waals surface area contributed by atoms with Gasteiger partial charge in [0.05, 0.1) is 4.88 Å². The van der Waals surface area contributed by atoms with Crippen LogP contribution < -0.4 is 5.32 Å². The molecule has 16 heavy (non-hydrogen) atoms. The van der Waals surface area contributed by atoms with E-state index in [2.05, 4.69) is 5.32 Å². The van der Waals surface area contributed by atoms with E-state index in [9.17, 15) is 4.79 Å². The summed E-state index contributed by atoms with van der Waals surface area (Å²) < 4.78 is 0. The number of carbonyl (C=O) groups excluding carboxylic acids is 1. The van der Waals surface area contributed by atoms with Gasteiger partial charge in [-0.25, -0.2) is 0 Å². The van der Waals surface area contributed by atoms with Crippen LogP contribution in [0, 0.1) is 0 Å². The van der Waals surface area contributed by atoms with Gasteiger partial charge in [-0.3, -0.25) is 4.79 Å². The summed E-state index contributed by atoms with van der Waals surface area (Å²) in [5.74, 6) is 0.103. The second-order valence-electron chi connectivity index (χ2n) is 3.53. The van der Waals surface area contributed by atoms with Gasteiger partial charge in [0.1, 0.15) is 0 Å². The molecule has 0 fully saturated rings. The zero-order valence-electron chi connectivity index (χ0n) is 9.07. The Balaban J connectivity index is 2.19. The molecule has 0 amide bonds. The van der Waals surface area contributed by atoms with Crippen molar-refractivity contribution < 1.29 is 4.79 Å². The van der Waals surface area contributed by atoms with Crippen molar-refractivity contribution in [2.45, 2.75) is 6.54 Å². The molecule has 1 aromatic carbocycles. The minimum Gasteiger partial charge on any atom is -0.316 e. The Bertz CT molecular complexity index is 459. The SMILES string of the molecule is CNCc1ccc(C(=O)c2cccs2)cc1. The van der Waals surface area contributed by atoms with Crippen LogP contribution in [-0.2, 0) is 6.54 Å². The standard InChI is InChI=1S/C13H13NOS/c1-14-9-10-4-6-11(7-5-10)13(15)12-3-2-8-16-12/h2-8,14H,9H2,1H3. The summed E-state index contributed by atoms with van der Waals surface area (Å²) in [6, 6.07) is 11.5. The van der Waals surface area contributed by atoms with E-state index < -0.39 is 0 Å². The van der Waals surface area contributed by atoms with Gasteiger partial charge in [0.2, 0.25) is 5.78 Å². The molecule has 1 N–H and O–H groups in total.